The van der Waals surface area contributed by atoms with Crippen molar-refractivity contribution in [2.75, 3.05) is 6.61 Å². The molecule has 1 atom stereocenters. The van der Waals surface area contributed by atoms with Crippen LogP contribution in [0.3, 0.4) is 0 Å². The molecule has 2 N–H and O–H groups in total. The van der Waals surface area contributed by atoms with Crippen molar-refractivity contribution >= 4 is 5.97 Å². The van der Waals surface area contributed by atoms with Crippen molar-refractivity contribution in [3.05, 3.63) is 58.0 Å². The molecule has 1 aromatic heterocycles. The summed E-state index contributed by atoms with van der Waals surface area (Å²) in [4.78, 5) is 25.5. The predicted octanol–water partition coefficient (Wildman–Crippen LogP) is 1.24. The summed E-state index contributed by atoms with van der Waals surface area (Å²) in [5, 5.41) is 9.14. The molecule has 0 saturated carbocycles. The molecule has 3 rings (SSSR count). The van der Waals surface area contributed by atoms with Crippen molar-refractivity contribution < 1.29 is 19.4 Å². The van der Waals surface area contributed by atoms with Gasteiger partial charge in [-0.1, -0.05) is 18.2 Å². The Morgan fingerprint density at radius 2 is 2.10 bits per heavy atom. The summed E-state index contributed by atoms with van der Waals surface area (Å²) >= 11 is 0. The van der Waals surface area contributed by atoms with E-state index in [2.05, 4.69) is 4.98 Å². The van der Waals surface area contributed by atoms with Crippen LogP contribution in [0.25, 0.3) is 0 Å². The molecule has 1 unspecified atom stereocenters. The molecule has 1 aliphatic rings. The minimum Gasteiger partial charge on any atom is -0.503 e. The molecule has 21 heavy (non-hydrogen) atoms. The lowest BCUT2D eigenvalue weighted by atomic mass is 10.0. The van der Waals surface area contributed by atoms with Gasteiger partial charge in [0, 0.05) is 6.42 Å². The molecule has 1 aromatic carbocycles. The van der Waals surface area contributed by atoms with Gasteiger partial charge in [-0.15, -0.1) is 0 Å². The first-order valence-corrected chi connectivity index (χ1v) is 6.47. The zero-order valence-electron chi connectivity index (χ0n) is 11.0. The van der Waals surface area contributed by atoms with Crippen molar-refractivity contribution in [3.8, 4) is 11.5 Å². The fourth-order valence-electron chi connectivity index (χ4n) is 2.18. The highest BCUT2D eigenvalue weighted by Crippen LogP contribution is 2.25. The quantitative estimate of drug-likeness (QED) is 0.811. The average molecular weight is 287 g/mol. The third-order valence-corrected chi connectivity index (χ3v) is 3.23. The Kier molecular flexibility index (Phi) is 3.35. The topological polar surface area (TPSA) is 88.6 Å². The van der Waals surface area contributed by atoms with E-state index >= 15 is 0 Å². The summed E-state index contributed by atoms with van der Waals surface area (Å²) < 4.78 is 10.8. The van der Waals surface area contributed by atoms with Crippen LogP contribution in [-0.2, 0) is 11.2 Å². The summed E-state index contributed by atoms with van der Waals surface area (Å²) in [5.41, 5.74) is 0.243. The molecule has 0 amide bonds. The highest BCUT2D eigenvalue weighted by molar-refractivity contribution is 5.87. The van der Waals surface area contributed by atoms with Gasteiger partial charge in [-0.3, -0.25) is 4.79 Å². The highest BCUT2D eigenvalue weighted by Gasteiger charge is 2.23. The molecular weight excluding hydrogens is 274 g/mol. The Hall–Kier alpha value is -2.76. The minimum atomic E-state index is -0.727. The molecule has 0 aliphatic carbocycles. The Morgan fingerprint density at radius 1 is 1.29 bits per heavy atom. The normalized spacial score (nSPS) is 16.7. The van der Waals surface area contributed by atoms with Crippen molar-refractivity contribution in [3.63, 3.8) is 0 Å². The van der Waals surface area contributed by atoms with Gasteiger partial charge in [0.2, 0.25) is 0 Å². The molecule has 0 fully saturated rings. The molecule has 108 valence electrons. The number of aromatic hydroxyl groups is 1. The van der Waals surface area contributed by atoms with E-state index in [1.165, 1.54) is 6.07 Å². The number of aromatic nitrogens is 1. The number of hydrogen-bond donors (Lipinski definition) is 2. The Labute approximate surface area is 120 Å². The number of para-hydroxylation sites is 1. The van der Waals surface area contributed by atoms with Gasteiger partial charge in [-0.05, 0) is 23.8 Å². The number of hydrogen-bond acceptors (Lipinski definition) is 5. The number of ether oxygens (including phenoxy) is 2. The van der Waals surface area contributed by atoms with Crippen LogP contribution in [0.2, 0.25) is 0 Å². The number of aromatic amines is 1. The minimum absolute atomic E-state index is 0.00309. The number of carbonyl (C=O) groups excluding carboxylic acids is 1. The van der Waals surface area contributed by atoms with Crippen LogP contribution in [0.1, 0.15) is 16.1 Å². The van der Waals surface area contributed by atoms with Gasteiger partial charge < -0.3 is 19.6 Å². The maximum absolute atomic E-state index is 12.0. The van der Waals surface area contributed by atoms with Crippen LogP contribution >= 0.6 is 0 Å². The van der Waals surface area contributed by atoms with E-state index in [0.717, 1.165) is 17.4 Å². The Bertz CT molecular complexity index is 737. The van der Waals surface area contributed by atoms with Gasteiger partial charge in [0.25, 0.3) is 5.56 Å². The summed E-state index contributed by atoms with van der Waals surface area (Å²) in [5.74, 6) is -0.301. The van der Waals surface area contributed by atoms with Crippen LogP contribution in [0.4, 0.5) is 0 Å². The number of benzene rings is 1. The van der Waals surface area contributed by atoms with Crippen LogP contribution in [0.15, 0.2) is 41.2 Å². The van der Waals surface area contributed by atoms with E-state index in [-0.39, 0.29) is 12.3 Å². The summed E-state index contributed by atoms with van der Waals surface area (Å²) in [6, 6.07) is 10.0. The Balaban J connectivity index is 1.71. The molecule has 0 radical (unpaired) electrons. The van der Waals surface area contributed by atoms with E-state index in [9.17, 15) is 9.59 Å². The second-order valence-corrected chi connectivity index (χ2v) is 4.74. The first kappa shape index (κ1) is 13.2. The second kappa shape index (κ2) is 5.32. The molecule has 2 heterocycles. The number of carbonyl (C=O) groups is 1. The third kappa shape index (κ3) is 2.74. The second-order valence-electron chi connectivity index (χ2n) is 4.74. The van der Waals surface area contributed by atoms with Crippen molar-refractivity contribution in [1.82, 2.24) is 4.98 Å². The van der Waals surface area contributed by atoms with E-state index in [4.69, 9.17) is 14.6 Å². The predicted molar refractivity (Wildman–Crippen MR) is 73.6 cm³/mol. The number of H-pyrrole nitrogens is 1. The van der Waals surface area contributed by atoms with E-state index in [1.54, 1.807) is 0 Å². The van der Waals surface area contributed by atoms with Gasteiger partial charge >= 0.3 is 5.97 Å². The maximum Gasteiger partial charge on any atom is 0.355 e. The van der Waals surface area contributed by atoms with Gasteiger partial charge in [-0.25, -0.2) is 4.79 Å². The number of fused-ring (bicyclic) bond motifs is 1. The lowest BCUT2D eigenvalue weighted by molar-refractivity contribution is 0.0125. The zero-order chi connectivity index (χ0) is 14.8. The maximum atomic E-state index is 12.0. The van der Waals surface area contributed by atoms with Gasteiger partial charge in [0.1, 0.15) is 24.2 Å². The van der Waals surface area contributed by atoms with Crippen molar-refractivity contribution in [2.24, 2.45) is 0 Å². The lowest BCUT2D eigenvalue weighted by Crippen LogP contribution is -2.31. The van der Waals surface area contributed by atoms with Crippen LogP contribution in [0.5, 0.6) is 11.5 Å². The first-order chi connectivity index (χ1) is 10.1. The molecule has 2 aromatic rings. The number of pyridine rings is 1. The molecule has 0 saturated heterocycles. The standard InChI is InChI=1S/C15H13NO5/c17-12-6-5-11(16-14(12)18)15(19)21-10-7-9-3-1-2-4-13(9)20-8-10/h1-6,10,17H,7-8H2,(H,16,18). The average Bonchev–Trinajstić information content (AvgIpc) is 2.50. The summed E-state index contributed by atoms with van der Waals surface area (Å²) in [6.45, 7) is 0.269. The smallest absolute Gasteiger partial charge is 0.355 e. The van der Waals surface area contributed by atoms with Gasteiger partial charge in [-0.2, -0.15) is 0 Å². The fourth-order valence-corrected chi connectivity index (χ4v) is 2.18. The van der Waals surface area contributed by atoms with Crippen molar-refractivity contribution in [1.29, 1.82) is 0 Å². The van der Waals surface area contributed by atoms with E-state index in [1.807, 2.05) is 24.3 Å². The molecule has 6 heteroatoms. The Morgan fingerprint density at radius 3 is 2.90 bits per heavy atom. The van der Waals surface area contributed by atoms with E-state index in [0.29, 0.717) is 6.42 Å². The van der Waals surface area contributed by atoms with Crippen molar-refractivity contribution in [2.45, 2.75) is 12.5 Å². The monoisotopic (exact) mass is 287 g/mol. The van der Waals surface area contributed by atoms with Crippen LogP contribution < -0.4 is 10.3 Å². The number of rotatable bonds is 2. The summed E-state index contributed by atoms with van der Waals surface area (Å²) in [7, 11) is 0. The number of nitrogens with one attached hydrogen (secondary N) is 1. The molecular formula is C15H13NO5. The van der Waals surface area contributed by atoms with Gasteiger partial charge in [0.05, 0.1) is 0 Å². The third-order valence-electron chi connectivity index (χ3n) is 3.23. The fraction of sp³-hybridized carbons (Fsp3) is 0.200. The molecule has 0 bridgehead atoms. The van der Waals surface area contributed by atoms with E-state index < -0.39 is 23.4 Å². The SMILES string of the molecule is O=C(OC1COc2ccccc2C1)c1ccc(O)c(=O)[nH]1. The molecule has 6 nitrogen and oxygen atoms in total. The van der Waals surface area contributed by atoms with Gasteiger partial charge in [0.15, 0.2) is 5.75 Å². The van der Waals surface area contributed by atoms with Crippen LogP contribution in [0, 0.1) is 0 Å². The molecule has 0 spiro atoms. The molecule has 1 aliphatic heterocycles. The zero-order valence-corrected chi connectivity index (χ0v) is 11.0. The lowest BCUT2D eigenvalue weighted by Gasteiger charge is -2.25. The summed E-state index contributed by atoms with van der Waals surface area (Å²) in [6.07, 6.45) is 0.147. The highest BCUT2D eigenvalue weighted by atomic mass is 16.6. The number of esters is 1. The van der Waals surface area contributed by atoms with Crippen LogP contribution in [-0.4, -0.2) is 28.8 Å². The largest absolute Gasteiger partial charge is 0.503 e. The first-order valence-electron chi connectivity index (χ1n) is 6.47.